The van der Waals surface area contributed by atoms with Crippen LogP contribution in [0, 0.1) is 23.3 Å². The van der Waals surface area contributed by atoms with Crippen molar-refractivity contribution in [1.29, 1.82) is 0 Å². The first-order chi connectivity index (χ1) is 12.8. The van der Waals surface area contributed by atoms with Gasteiger partial charge in [0.05, 0.1) is 0 Å². The molecule has 1 aromatic rings. The van der Waals surface area contributed by atoms with E-state index in [-0.39, 0.29) is 19.1 Å². The van der Waals surface area contributed by atoms with Crippen LogP contribution < -0.4 is 15.5 Å². The van der Waals surface area contributed by atoms with E-state index in [4.69, 9.17) is 5.11 Å². The van der Waals surface area contributed by atoms with Crippen LogP contribution in [-0.4, -0.2) is 49.1 Å². The van der Waals surface area contributed by atoms with Crippen molar-refractivity contribution in [1.82, 2.24) is 10.6 Å². The van der Waals surface area contributed by atoms with Crippen LogP contribution in [0.15, 0.2) is 11.8 Å². The average molecular weight is 387 g/mol. The molecule has 0 radical (unpaired) electrons. The zero-order valence-electron chi connectivity index (χ0n) is 14.1. The highest BCUT2D eigenvalue weighted by Crippen LogP contribution is 2.32. The van der Waals surface area contributed by atoms with E-state index < -0.39 is 51.8 Å². The van der Waals surface area contributed by atoms with E-state index in [1.54, 1.807) is 0 Å². The maximum absolute atomic E-state index is 14.5. The second-order valence-corrected chi connectivity index (χ2v) is 6.35. The van der Waals surface area contributed by atoms with Crippen LogP contribution in [0.4, 0.5) is 23.2 Å². The van der Waals surface area contributed by atoms with Gasteiger partial charge in [-0.15, -0.1) is 0 Å². The average Bonchev–Trinajstić information content (AvgIpc) is 3.46. The fourth-order valence-electron chi connectivity index (χ4n) is 2.80. The molecule has 3 rings (SSSR count). The molecular weight excluding hydrogens is 370 g/mol. The highest BCUT2D eigenvalue weighted by Gasteiger charge is 2.35. The Morgan fingerprint density at radius 1 is 1.04 bits per heavy atom. The SMILES string of the molecule is O=C(O)/C(=C/NC1CC1)C(=O)c1c(F)c(F)c(N2CCNCC2)c(F)c1F. The number of aliphatic carboxylic acids is 1. The molecule has 10 heteroatoms. The lowest BCUT2D eigenvalue weighted by Gasteiger charge is -2.30. The Kier molecular flexibility index (Phi) is 5.36. The van der Waals surface area contributed by atoms with E-state index in [0.29, 0.717) is 13.1 Å². The highest BCUT2D eigenvalue weighted by atomic mass is 19.2. The van der Waals surface area contributed by atoms with Crippen molar-refractivity contribution < 1.29 is 32.3 Å². The van der Waals surface area contributed by atoms with Crippen LogP contribution in [0.3, 0.4) is 0 Å². The van der Waals surface area contributed by atoms with Gasteiger partial charge in [-0.1, -0.05) is 0 Å². The van der Waals surface area contributed by atoms with Crippen LogP contribution in [0.2, 0.25) is 0 Å². The Morgan fingerprint density at radius 2 is 1.59 bits per heavy atom. The lowest BCUT2D eigenvalue weighted by molar-refractivity contribution is -0.132. The fraction of sp³-hybridized carbons (Fsp3) is 0.412. The molecule has 27 heavy (non-hydrogen) atoms. The summed E-state index contributed by atoms with van der Waals surface area (Å²) in [6.07, 6.45) is 2.31. The molecule has 146 valence electrons. The third kappa shape index (κ3) is 3.75. The van der Waals surface area contributed by atoms with Crippen LogP contribution in [-0.2, 0) is 4.79 Å². The van der Waals surface area contributed by atoms with Crippen molar-refractivity contribution in [3.63, 3.8) is 0 Å². The Labute approximate surface area is 151 Å². The first-order valence-electron chi connectivity index (χ1n) is 8.38. The first-order valence-corrected chi connectivity index (χ1v) is 8.38. The number of hydrogen-bond donors (Lipinski definition) is 3. The second-order valence-electron chi connectivity index (χ2n) is 6.35. The number of hydrogen-bond acceptors (Lipinski definition) is 5. The summed E-state index contributed by atoms with van der Waals surface area (Å²) in [5.74, 6) is -10.7. The molecule has 1 saturated heterocycles. The van der Waals surface area contributed by atoms with Gasteiger partial charge in [-0.3, -0.25) is 4.79 Å². The van der Waals surface area contributed by atoms with Crippen LogP contribution in [0.5, 0.6) is 0 Å². The molecule has 2 aliphatic rings. The minimum Gasteiger partial charge on any atom is -0.477 e. The van der Waals surface area contributed by atoms with Crippen molar-refractivity contribution >= 4 is 17.4 Å². The number of ketones is 1. The molecule has 0 atom stereocenters. The van der Waals surface area contributed by atoms with Gasteiger partial charge in [0.1, 0.15) is 16.8 Å². The van der Waals surface area contributed by atoms with E-state index >= 15 is 0 Å². The largest absolute Gasteiger partial charge is 0.477 e. The molecule has 1 saturated carbocycles. The van der Waals surface area contributed by atoms with Crippen molar-refractivity contribution in [3.05, 3.63) is 40.6 Å². The van der Waals surface area contributed by atoms with Gasteiger partial charge in [-0.2, -0.15) is 0 Å². The van der Waals surface area contributed by atoms with Crippen LogP contribution >= 0.6 is 0 Å². The number of benzene rings is 1. The highest BCUT2D eigenvalue weighted by molar-refractivity contribution is 6.23. The van der Waals surface area contributed by atoms with E-state index in [2.05, 4.69) is 10.6 Å². The lowest BCUT2D eigenvalue weighted by atomic mass is 10.0. The number of carboxylic acid groups (broad SMARTS) is 1. The summed E-state index contributed by atoms with van der Waals surface area (Å²) in [4.78, 5) is 24.7. The minimum absolute atomic E-state index is 0.0367. The Balaban J connectivity index is 2.03. The number of nitrogens with zero attached hydrogens (tertiary/aromatic N) is 1. The predicted octanol–water partition coefficient (Wildman–Crippen LogP) is 1.56. The zero-order chi connectivity index (χ0) is 19.7. The molecule has 6 nitrogen and oxygen atoms in total. The van der Waals surface area contributed by atoms with E-state index in [0.717, 1.165) is 23.9 Å². The van der Waals surface area contributed by atoms with Crippen LogP contribution in [0.25, 0.3) is 0 Å². The third-order valence-electron chi connectivity index (χ3n) is 4.42. The number of carbonyl (C=O) groups is 2. The Hall–Kier alpha value is -2.62. The van der Waals surface area contributed by atoms with Crippen LogP contribution in [0.1, 0.15) is 23.2 Å². The number of carboxylic acids is 1. The molecule has 3 N–H and O–H groups in total. The van der Waals surface area contributed by atoms with Crippen molar-refractivity contribution in [2.45, 2.75) is 18.9 Å². The van der Waals surface area contributed by atoms with Gasteiger partial charge in [0.25, 0.3) is 0 Å². The smallest absolute Gasteiger partial charge is 0.341 e. The molecule has 0 amide bonds. The summed E-state index contributed by atoms with van der Waals surface area (Å²) < 4.78 is 57.8. The third-order valence-corrected chi connectivity index (χ3v) is 4.42. The molecule has 2 fully saturated rings. The molecule has 0 unspecified atom stereocenters. The van der Waals surface area contributed by atoms with E-state index in [1.807, 2.05) is 0 Å². The number of anilines is 1. The molecule has 1 aromatic carbocycles. The van der Waals surface area contributed by atoms with E-state index in [9.17, 15) is 27.2 Å². The topological polar surface area (TPSA) is 81.7 Å². The first kappa shape index (κ1) is 19.2. The summed E-state index contributed by atoms with van der Waals surface area (Å²) in [6, 6.07) is -0.0367. The molecule has 0 bridgehead atoms. The van der Waals surface area contributed by atoms with Gasteiger partial charge in [-0.25, -0.2) is 22.4 Å². The maximum atomic E-state index is 14.5. The molecule has 0 aromatic heterocycles. The summed E-state index contributed by atoms with van der Waals surface area (Å²) in [5.41, 5.74) is -3.47. The van der Waals surface area contributed by atoms with Crippen molar-refractivity contribution in [2.24, 2.45) is 0 Å². The molecule has 1 heterocycles. The molecule has 1 aliphatic heterocycles. The summed E-state index contributed by atoms with van der Waals surface area (Å²) in [7, 11) is 0. The van der Waals surface area contributed by atoms with Gasteiger partial charge in [0.15, 0.2) is 23.3 Å². The summed E-state index contributed by atoms with van der Waals surface area (Å²) in [6.45, 7) is 0.959. The Bertz CT molecular complexity index is 789. The summed E-state index contributed by atoms with van der Waals surface area (Å²) >= 11 is 0. The number of rotatable bonds is 6. The number of piperazine rings is 1. The van der Waals surface area contributed by atoms with E-state index in [1.165, 1.54) is 0 Å². The molecular formula is C17H17F4N3O3. The van der Waals surface area contributed by atoms with Crippen molar-refractivity contribution in [2.75, 3.05) is 31.1 Å². The quantitative estimate of drug-likeness (QED) is 0.172. The summed E-state index contributed by atoms with van der Waals surface area (Å²) in [5, 5.41) is 14.7. The van der Waals surface area contributed by atoms with Gasteiger partial charge in [0.2, 0.25) is 5.78 Å². The normalized spacial score (nSPS) is 17.8. The van der Waals surface area contributed by atoms with Gasteiger partial charge < -0.3 is 20.6 Å². The second kappa shape index (κ2) is 7.55. The molecule has 1 aliphatic carbocycles. The fourth-order valence-corrected chi connectivity index (χ4v) is 2.80. The lowest BCUT2D eigenvalue weighted by Crippen LogP contribution is -2.44. The standard InChI is InChI=1S/C17H17F4N3O3/c18-11-10(16(25)9(17(26)27)7-23-8-1-2-8)12(19)14(21)15(13(11)20)24-5-3-22-4-6-24/h7-8,22-23H,1-6H2,(H,26,27)/b9-7+. The van der Waals surface area contributed by atoms with Gasteiger partial charge in [-0.05, 0) is 12.8 Å². The Morgan fingerprint density at radius 3 is 2.07 bits per heavy atom. The number of carbonyl (C=O) groups excluding carboxylic acids is 1. The van der Waals surface area contributed by atoms with Gasteiger partial charge >= 0.3 is 5.97 Å². The van der Waals surface area contributed by atoms with Crippen molar-refractivity contribution in [3.8, 4) is 0 Å². The number of Topliss-reactive ketones (excluding diaryl/α,β-unsaturated/α-hetero) is 1. The zero-order valence-corrected chi connectivity index (χ0v) is 14.1. The number of halogens is 4. The minimum atomic E-state index is -1.91. The maximum Gasteiger partial charge on any atom is 0.341 e. The molecule has 0 spiro atoms. The predicted molar refractivity (Wildman–Crippen MR) is 87.6 cm³/mol. The number of nitrogens with one attached hydrogen (secondary N) is 2. The van der Waals surface area contributed by atoms with Gasteiger partial charge in [0, 0.05) is 38.4 Å². The monoisotopic (exact) mass is 387 g/mol.